The number of sulfonamides is 1. The molecule has 1 aliphatic heterocycles. The second-order valence-corrected chi connectivity index (χ2v) is 9.91. The van der Waals surface area contributed by atoms with E-state index in [-0.39, 0.29) is 19.1 Å². The van der Waals surface area contributed by atoms with E-state index in [9.17, 15) is 21.6 Å². The highest BCUT2D eigenvalue weighted by Crippen LogP contribution is 2.60. The number of benzene rings is 1. The standard InChI is InChI=1S/C19H25F3N4O2S/c1-23-18(24-11-16-15-10-12-4-2-3-5-14(12)17(15)16)25-13-6-8-26(9-7-13)29(27,28)19(20,21)22/h2-5,13,15-17H,6-11H2,1H3,(H2,23,24,25). The number of hydrogen-bond acceptors (Lipinski definition) is 3. The first-order valence-electron chi connectivity index (χ1n) is 9.84. The highest BCUT2D eigenvalue weighted by atomic mass is 32.2. The zero-order valence-corrected chi connectivity index (χ0v) is 16.9. The molecule has 4 rings (SSSR count). The predicted molar refractivity (Wildman–Crippen MR) is 104 cm³/mol. The van der Waals surface area contributed by atoms with Gasteiger partial charge in [0.05, 0.1) is 0 Å². The van der Waals surface area contributed by atoms with Gasteiger partial charge in [0.25, 0.3) is 0 Å². The lowest BCUT2D eigenvalue weighted by molar-refractivity contribution is -0.0494. The molecule has 0 aromatic heterocycles. The number of fused-ring (bicyclic) bond motifs is 3. The Morgan fingerprint density at radius 1 is 1.24 bits per heavy atom. The topological polar surface area (TPSA) is 73.8 Å². The predicted octanol–water partition coefficient (Wildman–Crippen LogP) is 2.05. The minimum absolute atomic E-state index is 0.111. The van der Waals surface area contributed by atoms with E-state index in [4.69, 9.17) is 0 Å². The molecule has 0 bridgehead atoms. The summed E-state index contributed by atoms with van der Waals surface area (Å²) in [5, 5.41) is 6.55. The fourth-order valence-electron chi connectivity index (χ4n) is 4.75. The number of hydrogen-bond donors (Lipinski definition) is 2. The van der Waals surface area contributed by atoms with Crippen molar-refractivity contribution in [1.29, 1.82) is 0 Å². The summed E-state index contributed by atoms with van der Waals surface area (Å²) in [6.45, 7) is 0.491. The van der Waals surface area contributed by atoms with Gasteiger partial charge in [-0.15, -0.1) is 0 Å². The van der Waals surface area contributed by atoms with Crippen molar-refractivity contribution in [3.05, 3.63) is 35.4 Å². The fourth-order valence-corrected chi connectivity index (χ4v) is 5.74. The Morgan fingerprint density at radius 2 is 1.93 bits per heavy atom. The molecule has 0 radical (unpaired) electrons. The van der Waals surface area contributed by atoms with Gasteiger partial charge in [0.15, 0.2) is 5.96 Å². The van der Waals surface area contributed by atoms with Crippen LogP contribution in [0.15, 0.2) is 29.3 Å². The molecule has 2 N–H and O–H groups in total. The molecule has 0 spiro atoms. The van der Waals surface area contributed by atoms with Crippen LogP contribution in [0.5, 0.6) is 0 Å². The van der Waals surface area contributed by atoms with E-state index >= 15 is 0 Å². The van der Waals surface area contributed by atoms with Crippen LogP contribution < -0.4 is 10.6 Å². The summed E-state index contributed by atoms with van der Waals surface area (Å²) in [6.07, 6.45) is 1.72. The molecule has 3 atom stereocenters. The molecule has 0 amide bonds. The molecular weight excluding hydrogens is 405 g/mol. The summed E-state index contributed by atoms with van der Waals surface area (Å²) >= 11 is 0. The largest absolute Gasteiger partial charge is 0.511 e. The average molecular weight is 430 g/mol. The lowest BCUT2D eigenvalue weighted by atomic mass is 10.0. The molecule has 160 valence electrons. The maximum atomic E-state index is 12.7. The molecular formula is C19H25F3N4O2S. The molecule has 1 aromatic rings. The van der Waals surface area contributed by atoms with Gasteiger partial charge in [-0.25, -0.2) is 8.42 Å². The molecule has 1 saturated carbocycles. The quantitative estimate of drug-likeness (QED) is 0.567. The summed E-state index contributed by atoms with van der Waals surface area (Å²) < 4.78 is 61.6. The minimum Gasteiger partial charge on any atom is -0.356 e. The molecule has 2 fully saturated rings. The Morgan fingerprint density at radius 3 is 2.59 bits per heavy atom. The Balaban J connectivity index is 1.25. The lowest BCUT2D eigenvalue weighted by Crippen LogP contribution is -2.51. The third-order valence-corrected chi connectivity index (χ3v) is 7.99. The van der Waals surface area contributed by atoms with Crippen LogP contribution in [0.25, 0.3) is 0 Å². The van der Waals surface area contributed by atoms with Crippen LogP contribution in [0.4, 0.5) is 13.2 Å². The Labute approximate surface area is 168 Å². The van der Waals surface area contributed by atoms with Gasteiger partial charge >= 0.3 is 15.5 Å². The van der Waals surface area contributed by atoms with Gasteiger partial charge < -0.3 is 10.6 Å². The zero-order valence-electron chi connectivity index (χ0n) is 16.1. The van der Waals surface area contributed by atoms with Gasteiger partial charge in [-0.05, 0) is 48.1 Å². The van der Waals surface area contributed by atoms with Crippen molar-refractivity contribution in [1.82, 2.24) is 14.9 Å². The van der Waals surface area contributed by atoms with Crippen LogP contribution in [0.1, 0.15) is 29.9 Å². The van der Waals surface area contributed by atoms with Crippen molar-refractivity contribution in [2.45, 2.75) is 36.7 Å². The first-order valence-corrected chi connectivity index (χ1v) is 11.3. The van der Waals surface area contributed by atoms with E-state index in [1.165, 1.54) is 11.1 Å². The van der Waals surface area contributed by atoms with E-state index in [1.54, 1.807) is 7.05 Å². The summed E-state index contributed by atoms with van der Waals surface area (Å²) in [5.74, 6) is 2.46. The molecule has 29 heavy (non-hydrogen) atoms. The summed E-state index contributed by atoms with van der Waals surface area (Å²) in [6, 6.07) is 8.44. The van der Waals surface area contributed by atoms with Crippen molar-refractivity contribution in [3.63, 3.8) is 0 Å². The van der Waals surface area contributed by atoms with Crippen LogP contribution in [0.3, 0.4) is 0 Å². The number of alkyl halides is 3. The molecule has 2 aliphatic carbocycles. The summed E-state index contributed by atoms with van der Waals surface area (Å²) in [4.78, 5) is 4.21. The smallest absolute Gasteiger partial charge is 0.356 e. The van der Waals surface area contributed by atoms with Gasteiger partial charge in [0.2, 0.25) is 0 Å². The van der Waals surface area contributed by atoms with Crippen LogP contribution >= 0.6 is 0 Å². The molecule has 6 nitrogen and oxygen atoms in total. The third-order valence-electron chi connectivity index (χ3n) is 6.36. The summed E-state index contributed by atoms with van der Waals surface area (Å²) in [5.41, 5.74) is -2.35. The second kappa shape index (κ2) is 7.46. The minimum atomic E-state index is -5.24. The van der Waals surface area contributed by atoms with E-state index in [1.807, 2.05) is 0 Å². The number of rotatable bonds is 4. The van der Waals surface area contributed by atoms with Gasteiger partial charge in [-0.1, -0.05) is 24.3 Å². The van der Waals surface area contributed by atoms with Crippen LogP contribution in [-0.4, -0.2) is 56.9 Å². The molecule has 3 unspecified atom stereocenters. The molecule has 1 aromatic carbocycles. The van der Waals surface area contributed by atoms with Crippen molar-refractivity contribution < 1.29 is 21.6 Å². The van der Waals surface area contributed by atoms with Crippen LogP contribution in [0, 0.1) is 11.8 Å². The van der Waals surface area contributed by atoms with Gasteiger partial charge in [-0.3, -0.25) is 4.99 Å². The molecule has 3 aliphatic rings. The van der Waals surface area contributed by atoms with Crippen LogP contribution in [0.2, 0.25) is 0 Å². The zero-order chi connectivity index (χ0) is 20.8. The second-order valence-electron chi connectivity index (χ2n) is 7.98. The van der Waals surface area contributed by atoms with Gasteiger partial charge in [-0.2, -0.15) is 17.5 Å². The van der Waals surface area contributed by atoms with Crippen molar-refractivity contribution >= 4 is 16.0 Å². The lowest BCUT2D eigenvalue weighted by Gasteiger charge is -2.32. The van der Waals surface area contributed by atoms with E-state index in [0.717, 1.165) is 13.0 Å². The summed E-state index contributed by atoms with van der Waals surface area (Å²) in [7, 11) is -3.59. The first-order chi connectivity index (χ1) is 13.7. The van der Waals surface area contributed by atoms with E-state index in [0.29, 0.717) is 40.9 Å². The maximum Gasteiger partial charge on any atom is 0.511 e. The monoisotopic (exact) mass is 430 g/mol. The molecule has 10 heteroatoms. The fraction of sp³-hybridized carbons (Fsp3) is 0.632. The van der Waals surface area contributed by atoms with E-state index in [2.05, 4.69) is 39.9 Å². The van der Waals surface area contributed by atoms with Crippen molar-refractivity contribution in [2.24, 2.45) is 16.8 Å². The normalized spacial score (nSPS) is 28.0. The van der Waals surface area contributed by atoms with Crippen LogP contribution in [-0.2, 0) is 16.4 Å². The Hall–Kier alpha value is -1.81. The first kappa shape index (κ1) is 20.5. The van der Waals surface area contributed by atoms with Crippen molar-refractivity contribution in [3.8, 4) is 0 Å². The molecule has 1 heterocycles. The highest BCUT2D eigenvalue weighted by Gasteiger charge is 2.55. The maximum absolute atomic E-state index is 12.7. The Bertz CT molecular complexity index is 895. The number of nitrogens with zero attached hydrogens (tertiary/aromatic N) is 2. The third kappa shape index (κ3) is 3.84. The average Bonchev–Trinajstić information content (AvgIpc) is 3.22. The highest BCUT2D eigenvalue weighted by molar-refractivity contribution is 7.90. The van der Waals surface area contributed by atoms with Crippen molar-refractivity contribution in [2.75, 3.05) is 26.7 Å². The van der Waals surface area contributed by atoms with Gasteiger partial charge in [0, 0.05) is 32.7 Å². The number of nitrogens with one attached hydrogen (secondary N) is 2. The number of guanidine groups is 1. The number of halogens is 3. The SMILES string of the molecule is CN=C(NCC1C2Cc3ccccc3C12)NC1CCN(S(=O)(=O)C(F)(F)F)CC1. The number of piperidine rings is 1. The molecule has 1 saturated heterocycles. The van der Waals surface area contributed by atoms with Gasteiger partial charge in [0.1, 0.15) is 0 Å². The Kier molecular flexibility index (Phi) is 5.27. The number of aliphatic imine (C=N–C) groups is 1. The van der Waals surface area contributed by atoms with E-state index < -0.39 is 15.5 Å².